The largest absolute Gasteiger partial charge is 0.381 e. The first kappa shape index (κ1) is 10.5. The molecule has 1 unspecified atom stereocenters. The molecule has 2 saturated heterocycles. The molecule has 2 rings (SSSR count). The molecule has 3 heteroatoms. The lowest BCUT2D eigenvalue weighted by atomic mass is 10.2. The molecule has 3 nitrogen and oxygen atoms in total. The molecule has 76 valence electrons. The molecular weight excluding hydrogens is 166 g/mol. The van der Waals surface area contributed by atoms with E-state index in [0.29, 0.717) is 5.92 Å². The summed E-state index contributed by atoms with van der Waals surface area (Å²) in [5, 5.41) is 2.73. The van der Waals surface area contributed by atoms with Gasteiger partial charge in [0.15, 0.2) is 0 Å². The minimum atomic E-state index is 0.201. The molecule has 0 aromatic rings. The first-order chi connectivity index (χ1) is 6.29. The summed E-state index contributed by atoms with van der Waals surface area (Å²) in [7, 11) is 0. The van der Waals surface area contributed by atoms with E-state index in [-0.39, 0.29) is 5.91 Å². The maximum Gasteiger partial charge on any atom is 0.220 e. The highest BCUT2D eigenvalue weighted by atomic mass is 16.5. The van der Waals surface area contributed by atoms with Crippen LogP contribution in [0.4, 0.5) is 0 Å². The van der Waals surface area contributed by atoms with E-state index in [2.05, 4.69) is 12.2 Å². The third-order valence-electron chi connectivity index (χ3n) is 2.26. The van der Waals surface area contributed by atoms with Gasteiger partial charge in [-0.2, -0.15) is 0 Å². The second-order valence-electron chi connectivity index (χ2n) is 3.79. The van der Waals surface area contributed by atoms with Gasteiger partial charge in [-0.15, -0.1) is 0 Å². The predicted molar refractivity (Wildman–Crippen MR) is 51.5 cm³/mol. The Bertz CT molecular complexity index is 143. The van der Waals surface area contributed by atoms with Gasteiger partial charge in [-0.05, 0) is 25.2 Å². The van der Waals surface area contributed by atoms with Crippen LogP contribution in [0.25, 0.3) is 0 Å². The van der Waals surface area contributed by atoms with E-state index < -0.39 is 0 Å². The average molecular weight is 185 g/mol. The molecule has 1 amide bonds. The standard InChI is InChI=1S/C5H9NO.C5H10O/c1-4-2-5(7)6-3-4;1-2-4-6-5-3-1/h4H,2-3H2,1H3,(H,6,7);1-5H2. The first-order valence-electron chi connectivity index (χ1n) is 5.13. The van der Waals surface area contributed by atoms with Crippen LogP contribution >= 0.6 is 0 Å². The molecule has 13 heavy (non-hydrogen) atoms. The van der Waals surface area contributed by atoms with Crippen LogP contribution in [0.1, 0.15) is 32.6 Å². The molecule has 1 atom stereocenters. The highest BCUT2D eigenvalue weighted by Gasteiger charge is 2.15. The van der Waals surface area contributed by atoms with E-state index in [9.17, 15) is 4.79 Å². The molecule has 0 radical (unpaired) electrons. The Morgan fingerprint density at radius 3 is 2.15 bits per heavy atom. The van der Waals surface area contributed by atoms with Crippen LogP contribution in [-0.4, -0.2) is 25.7 Å². The number of hydrogen-bond acceptors (Lipinski definition) is 2. The number of amides is 1. The molecule has 0 aromatic carbocycles. The van der Waals surface area contributed by atoms with Crippen molar-refractivity contribution in [1.29, 1.82) is 0 Å². The van der Waals surface area contributed by atoms with Gasteiger partial charge < -0.3 is 10.1 Å². The summed E-state index contributed by atoms with van der Waals surface area (Å²) in [4.78, 5) is 10.3. The van der Waals surface area contributed by atoms with Crippen LogP contribution < -0.4 is 5.32 Å². The molecule has 2 aliphatic heterocycles. The quantitative estimate of drug-likeness (QED) is 0.618. The summed E-state index contributed by atoms with van der Waals surface area (Å²) in [6, 6.07) is 0. The molecule has 2 heterocycles. The van der Waals surface area contributed by atoms with Gasteiger partial charge in [0.25, 0.3) is 0 Å². The zero-order valence-corrected chi connectivity index (χ0v) is 8.34. The van der Waals surface area contributed by atoms with E-state index in [1.54, 1.807) is 0 Å². The number of nitrogens with one attached hydrogen (secondary N) is 1. The number of ether oxygens (including phenoxy) is 1. The predicted octanol–water partition coefficient (Wildman–Crippen LogP) is 1.33. The number of rotatable bonds is 0. The first-order valence-corrected chi connectivity index (χ1v) is 5.13. The lowest BCUT2D eigenvalue weighted by molar-refractivity contribution is -0.119. The summed E-state index contributed by atoms with van der Waals surface area (Å²) in [6.45, 7) is 4.94. The molecular formula is C10H19NO2. The summed E-state index contributed by atoms with van der Waals surface area (Å²) < 4.78 is 5.07. The van der Waals surface area contributed by atoms with Crippen LogP contribution in [0.5, 0.6) is 0 Å². The number of hydrogen-bond donors (Lipinski definition) is 1. The Balaban J connectivity index is 0.000000132. The number of carbonyl (C=O) groups is 1. The molecule has 0 aliphatic carbocycles. The fraction of sp³-hybridized carbons (Fsp3) is 0.900. The summed E-state index contributed by atoms with van der Waals surface area (Å²) in [6.07, 6.45) is 4.65. The minimum Gasteiger partial charge on any atom is -0.381 e. The van der Waals surface area contributed by atoms with E-state index in [4.69, 9.17) is 4.74 Å². The highest BCUT2D eigenvalue weighted by molar-refractivity contribution is 5.78. The monoisotopic (exact) mass is 185 g/mol. The van der Waals surface area contributed by atoms with Gasteiger partial charge in [0.2, 0.25) is 5.91 Å². The Morgan fingerprint density at radius 2 is 2.00 bits per heavy atom. The molecule has 0 saturated carbocycles. The van der Waals surface area contributed by atoms with Gasteiger partial charge in [-0.1, -0.05) is 6.92 Å². The van der Waals surface area contributed by atoms with Crippen molar-refractivity contribution in [3.05, 3.63) is 0 Å². The van der Waals surface area contributed by atoms with Gasteiger partial charge in [-0.25, -0.2) is 0 Å². The fourth-order valence-corrected chi connectivity index (χ4v) is 1.44. The molecule has 0 aromatic heterocycles. The Labute approximate surface area is 79.8 Å². The van der Waals surface area contributed by atoms with Crippen LogP contribution in [0, 0.1) is 5.92 Å². The van der Waals surface area contributed by atoms with E-state index >= 15 is 0 Å². The number of carbonyl (C=O) groups excluding carboxylic acids is 1. The van der Waals surface area contributed by atoms with Crippen LogP contribution in [0.2, 0.25) is 0 Å². The van der Waals surface area contributed by atoms with Gasteiger partial charge in [-0.3, -0.25) is 4.79 Å². The minimum absolute atomic E-state index is 0.201. The van der Waals surface area contributed by atoms with Crippen molar-refractivity contribution in [2.75, 3.05) is 19.8 Å². The maximum absolute atomic E-state index is 10.3. The third-order valence-corrected chi connectivity index (χ3v) is 2.26. The van der Waals surface area contributed by atoms with Crippen LogP contribution in [-0.2, 0) is 9.53 Å². The second kappa shape index (κ2) is 5.97. The molecule has 0 bridgehead atoms. The van der Waals surface area contributed by atoms with Gasteiger partial charge in [0.1, 0.15) is 0 Å². The third kappa shape index (κ3) is 4.88. The normalized spacial score (nSPS) is 27.5. The van der Waals surface area contributed by atoms with Crippen molar-refractivity contribution in [3.8, 4) is 0 Å². The Morgan fingerprint density at radius 1 is 1.31 bits per heavy atom. The average Bonchev–Trinajstić information content (AvgIpc) is 2.54. The van der Waals surface area contributed by atoms with Gasteiger partial charge in [0, 0.05) is 26.2 Å². The van der Waals surface area contributed by atoms with Crippen molar-refractivity contribution in [2.45, 2.75) is 32.6 Å². The summed E-state index contributed by atoms with van der Waals surface area (Å²) >= 11 is 0. The molecule has 1 N–H and O–H groups in total. The summed E-state index contributed by atoms with van der Waals surface area (Å²) in [5.41, 5.74) is 0. The molecule has 0 spiro atoms. The van der Waals surface area contributed by atoms with E-state index in [1.165, 1.54) is 19.3 Å². The fourth-order valence-electron chi connectivity index (χ4n) is 1.44. The van der Waals surface area contributed by atoms with Gasteiger partial charge in [0.05, 0.1) is 0 Å². The van der Waals surface area contributed by atoms with Crippen LogP contribution in [0.15, 0.2) is 0 Å². The van der Waals surface area contributed by atoms with Crippen molar-refractivity contribution in [3.63, 3.8) is 0 Å². The molecule has 2 fully saturated rings. The lowest BCUT2D eigenvalue weighted by Gasteiger charge is -2.08. The zero-order valence-electron chi connectivity index (χ0n) is 8.34. The Kier molecular flexibility index (Phi) is 4.83. The SMILES string of the molecule is C1CCOCC1.CC1CNC(=O)C1. The van der Waals surface area contributed by atoms with E-state index in [0.717, 1.165) is 26.2 Å². The smallest absolute Gasteiger partial charge is 0.220 e. The molecule has 2 aliphatic rings. The van der Waals surface area contributed by atoms with Gasteiger partial charge >= 0.3 is 0 Å². The van der Waals surface area contributed by atoms with Crippen molar-refractivity contribution < 1.29 is 9.53 Å². The van der Waals surface area contributed by atoms with E-state index in [1.807, 2.05) is 0 Å². The summed E-state index contributed by atoms with van der Waals surface area (Å²) in [5.74, 6) is 0.764. The van der Waals surface area contributed by atoms with Crippen molar-refractivity contribution >= 4 is 5.91 Å². The topological polar surface area (TPSA) is 38.3 Å². The maximum atomic E-state index is 10.3. The Hall–Kier alpha value is -0.570. The highest BCUT2D eigenvalue weighted by Crippen LogP contribution is 2.05. The van der Waals surface area contributed by atoms with Crippen molar-refractivity contribution in [1.82, 2.24) is 5.32 Å². The zero-order chi connectivity index (χ0) is 9.52. The van der Waals surface area contributed by atoms with Crippen molar-refractivity contribution in [2.24, 2.45) is 5.92 Å². The lowest BCUT2D eigenvalue weighted by Crippen LogP contribution is -2.13. The second-order valence-corrected chi connectivity index (χ2v) is 3.79. The van der Waals surface area contributed by atoms with Crippen LogP contribution in [0.3, 0.4) is 0 Å².